The van der Waals surface area contributed by atoms with Crippen LogP contribution in [0.2, 0.25) is 0 Å². The van der Waals surface area contributed by atoms with Gasteiger partial charge in [0.1, 0.15) is 11.6 Å². The minimum atomic E-state index is -0.418. The number of hydrogen-bond acceptors (Lipinski definition) is 5. The van der Waals surface area contributed by atoms with Gasteiger partial charge >= 0.3 is 0 Å². The van der Waals surface area contributed by atoms with E-state index in [1.165, 1.54) is 6.20 Å². The van der Waals surface area contributed by atoms with Crippen LogP contribution in [0.15, 0.2) is 54.2 Å². The number of hydrogen-bond donors (Lipinski definition) is 2. The van der Waals surface area contributed by atoms with Crippen LogP contribution in [-0.2, 0) is 11.2 Å². The fourth-order valence-electron chi connectivity index (χ4n) is 2.49. The van der Waals surface area contributed by atoms with Gasteiger partial charge in [-0.1, -0.05) is 24.3 Å². The second kappa shape index (κ2) is 9.88. The van der Waals surface area contributed by atoms with Crippen molar-refractivity contribution < 1.29 is 14.3 Å². The van der Waals surface area contributed by atoms with E-state index in [0.717, 1.165) is 16.8 Å². The molecule has 0 saturated carbocycles. The Hall–Kier alpha value is -3.46. The lowest BCUT2D eigenvalue weighted by Gasteiger charge is -2.10. The number of para-hydroxylation sites is 1. The fourth-order valence-corrected chi connectivity index (χ4v) is 2.49. The minimum absolute atomic E-state index is 0.0190. The number of nitriles is 1. The maximum atomic E-state index is 12.2. The van der Waals surface area contributed by atoms with Gasteiger partial charge in [0.15, 0.2) is 11.5 Å². The van der Waals surface area contributed by atoms with Gasteiger partial charge in [0.05, 0.1) is 14.2 Å². The fraction of sp³-hybridized carbons (Fsp3) is 0.238. The number of anilines is 1. The molecule has 2 rings (SSSR count). The molecule has 2 N–H and O–H groups in total. The first-order chi connectivity index (χ1) is 13.1. The molecule has 27 heavy (non-hydrogen) atoms. The van der Waals surface area contributed by atoms with Crippen molar-refractivity contribution in [3.05, 3.63) is 65.4 Å². The van der Waals surface area contributed by atoms with Crippen LogP contribution in [0.5, 0.6) is 11.5 Å². The van der Waals surface area contributed by atoms with Crippen LogP contribution >= 0.6 is 0 Å². The van der Waals surface area contributed by atoms with E-state index >= 15 is 0 Å². The van der Waals surface area contributed by atoms with Gasteiger partial charge < -0.3 is 20.1 Å². The van der Waals surface area contributed by atoms with Crippen molar-refractivity contribution in [3.63, 3.8) is 0 Å². The van der Waals surface area contributed by atoms with E-state index in [2.05, 4.69) is 10.6 Å². The van der Waals surface area contributed by atoms with Crippen LogP contribution in [0, 0.1) is 18.3 Å². The number of carbonyl (C=O) groups is 1. The maximum absolute atomic E-state index is 12.2. The summed E-state index contributed by atoms with van der Waals surface area (Å²) < 4.78 is 10.5. The number of methoxy groups -OCH3 is 2. The highest BCUT2D eigenvalue weighted by Gasteiger charge is 2.09. The number of nitrogens with one attached hydrogen (secondary N) is 2. The normalized spacial score (nSPS) is 10.7. The number of ether oxygens (including phenoxy) is 2. The van der Waals surface area contributed by atoms with Gasteiger partial charge in [-0.25, -0.2) is 0 Å². The molecule has 140 valence electrons. The first-order valence-corrected chi connectivity index (χ1v) is 8.50. The number of aryl methyl sites for hydroxylation is 1. The molecule has 0 unspecified atom stereocenters. The summed E-state index contributed by atoms with van der Waals surface area (Å²) in [7, 11) is 3.16. The molecule has 0 spiro atoms. The molecule has 2 aromatic rings. The molecular formula is C21H23N3O3. The minimum Gasteiger partial charge on any atom is -0.493 e. The zero-order valence-corrected chi connectivity index (χ0v) is 15.7. The average Bonchev–Trinajstić information content (AvgIpc) is 2.69. The first kappa shape index (κ1) is 19.9. The monoisotopic (exact) mass is 365 g/mol. The van der Waals surface area contributed by atoms with Gasteiger partial charge in [0.25, 0.3) is 5.91 Å². The Bertz CT molecular complexity index is 869. The predicted octanol–water partition coefficient (Wildman–Crippen LogP) is 3.19. The van der Waals surface area contributed by atoms with E-state index in [4.69, 9.17) is 9.47 Å². The number of carbonyl (C=O) groups excluding carboxylic acids is 1. The molecule has 0 aliphatic rings. The molecule has 2 aromatic carbocycles. The molecule has 0 bridgehead atoms. The molecule has 6 heteroatoms. The zero-order chi connectivity index (χ0) is 19.6. The van der Waals surface area contributed by atoms with Crippen LogP contribution in [0.25, 0.3) is 0 Å². The Morgan fingerprint density at radius 3 is 2.56 bits per heavy atom. The highest BCUT2D eigenvalue weighted by atomic mass is 16.5. The molecule has 0 aromatic heterocycles. The molecule has 6 nitrogen and oxygen atoms in total. The molecule has 0 aliphatic carbocycles. The summed E-state index contributed by atoms with van der Waals surface area (Å²) in [5.74, 6) is 0.877. The standard InChI is InChI=1S/C21H23N3O3/c1-15-6-4-5-7-18(15)24-14-17(13-22)21(25)23-11-10-16-8-9-19(26-2)20(12-16)27-3/h4-9,12,14,24H,10-11H2,1-3H3,(H,23,25)/b17-14-. The summed E-state index contributed by atoms with van der Waals surface area (Å²) in [5, 5.41) is 15.0. The SMILES string of the molecule is COc1ccc(CCNC(=O)/C(C#N)=C\Nc2ccccc2C)cc1OC. The van der Waals surface area contributed by atoms with Gasteiger partial charge in [0, 0.05) is 18.4 Å². The van der Waals surface area contributed by atoms with Gasteiger partial charge in [-0.05, 0) is 42.7 Å². The predicted molar refractivity (Wildman–Crippen MR) is 105 cm³/mol. The third-order valence-corrected chi connectivity index (χ3v) is 4.03. The van der Waals surface area contributed by atoms with Crippen molar-refractivity contribution in [3.8, 4) is 17.6 Å². The maximum Gasteiger partial charge on any atom is 0.263 e. The van der Waals surface area contributed by atoms with Crippen molar-refractivity contribution in [2.45, 2.75) is 13.3 Å². The number of amides is 1. The molecule has 1 amide bonds. The van der Waals surface area contributed by atoms with E-state index in [0.29, 0.717) is 24.5 Å². The topological polar surface area (TPSA) is 83.4 Å². The van der Waals surface area contributed by atoms with Crippen molar-refractivity contribution >= 4 is 11.6 Å². The lowest BCUT2D eigenvalue weighted by molar-refractivity contribution is -0.117. The lowest BCUT2D eigenvalue weighted by atomic mass is 10.1. The van der Waals surface area contributed by atoms with Crippen molar-refractivity contribution in [1.82, 2.24) is 5.32 Å². The Balaban J connectivity index is 1.93. The Kier molecular flexibility index (Phi) is 7.26. The van der Waals surface area contributed by atoms with Crippen molar-refractivity contribution in [2.24, 2.45) is 0 Å². The molecule has 0 atom stereocenters. The van der Waals surface area contributed by atoms with Gasteiger partial charge in [-0.3, -0.25) is 4.79 Å². The highest BCUT2D eigenvalue weighted by Crippen LogP contribution is 2.27. The molecular weight excluding hydrogens is 342 g/mol. The van der Waals surface area contributed by atoms with Crippen molar-refractivity contribution in [2.75, 3.05) is 26.1 Å². The second-order valence-electron chi connectivity index (χ2n) is 5.82. The molecule has 0 heterocycles. The van der Waals surface area contributed by atoms with E-state index in [-0.39, 0.29) is 5.57 Å². The van der Waals surface area contributed by atoms with Gasteiger partial charge in [0.2, 0.25) is 0 Å². The second-order valence-corrected chi connectivity index (χ2v) is 5.82. The van der Waals surface area contributed by atoms with Crippen LogP contribution < -0.4 is 20.1 Å². The summed E-state index contributed by atoms with van der Waals surface area (Å²) in [5.41, 5.74) is 2.89. The number of rotatable bonds is 8. The molecule has 0 aliphatic heterocycles. The first-order valence-electron chi connectivity index (χ1n) is 8.50. The smallest absolute Gasteiger partial charge is 0.263 e. The van der Waals surface area contributed by atoms with Crippen molar-refractivity contribution in [1.29, 1.82) is 5.26 Å². The van der Waals surface area contributed by atoms with E-state index < -0.39 is 5.91 Å². The third kappa shape index (κ3) is 5.51. The van der Waals surface area contributed by atoms with Crippen LogP contribution in [0.4, 0.5) is 5.69 Å². The number of benzene rings is 2. The summed E-state index contributed by atoms with van der Waals surface area (Å²) in [6, 6.07) is 15.2. The van der Waals surface area contributed by atoms with E-state index in [1.807, 2.05) is 55.5 Å². The number of nitrogens with zero attached hydrogens (tertiary/aromatic N) is 1. The summed E-state index contributed by atoms with van der Waals surface area (Å²) in [6.45, 7) is 2.35. The Labute approximate surface area is 159 Å². The summed E-state index contributed by atoms with van der Waals surface area (Å²) in [6.07, 6.45) is 2.03. The molecule has 0 radical (unpaired) electrons. The quantitative estimate of drug-likeness (QED) is 0.554. The highest BCUT2D eigenvalue weighted by molar-refractivity contribution is 5.97. The average molecular weight is 365 g/mol. The van der Waals surface area contributed by atoms with Gasteiger partial charge in [-0.15, -0.1) is 0 Å². The zero-order valence-electron chi connectivity index (χ0n) is 15.7. The lowest BCUT2D eigenvalue weighted by Crippen LogP contribution is -2.27. The van der Waals surface area contributed by atoms with E-state index in [9.17, 15) is 10.1 Å². The third-order valence-electron chi connectivity index (χ3n) is 4.03. The van der Waals surface area contributed by atoms with Gasteiger partial charge in [-0.2, -0.15) is 5.26 Å². The summed E-state index contributed by atoms with van der Waals surface area (Å²) in [4.78, 5) is 12.2. The van der Waals surface area contributed by atoms with E-state index in [1.54, 1.807) is 14.2 Å². The van der Waals surface area contributed by atoms with Crippen LogP contribution in [0.1, 0.15) is 11.1 Å². The van der Waals surface area contributed by atoms with Crippen LogP contribution in [0.3, 0.4) is 0 Å². The van der Waals surface area contributed by atoms with Crippen LogP contribution in [-0.4, -0.2) is 26.7 Å². The Morgan fingerprint density at radius 1 is 1.15 bits per heavy atom. The largest absolute Gasteiger partial charge is 0.493 e. The molecule has 0 fully saturated rings. The molecule has 0 saturated heterocycles. The Morgan fingerprint density at radius 2 is 1.89 bits per heavy atom. The summed E-state index contributed by atoms with van der Waals surface area (Å²) >= 11 is 0.